The molecule has 7 heteroatoms. The Morgan fingerprint density at radius 2 is 1.86 bits per heavy atom. The molecule has 0 amide bonds. The first-order chi connectivity index (χ1) is 13.8. The van der Waals surface area contributed by atoms with Gasteiger partial charge in [0.05, 0.1) is 17.2 Å². The number of aromatic amines is 1. The molecule has 0 fully saturated rings. The molecule has 0 saturated carbocycles. The Labute approximate surface area is 170 Å². The lowest BCUT2D eigenvalue weighted by molar-refractivity contribution is 0.0974. The van der Waals surface area contributed by atoms with E-state index in [4.69, 9.17) is 4.74 Å². The fourth-order valence-corrected chi connectivity index (χ4v) is 5.35. The maximum atomic E-state index is 13.3. The van der Waals surface area contributed by atoms with Gasteiger partial charge in [-0.05, 0) is 68.7 Å². The molecule has 2 aromatic carbocycles. The fraction of sp³-hybridized carbons (Fsp3) is 0.318. The second kappa shape index (κ2) is 7.22. The summed E-state index contributed by atoms with van der Waals surface area (Å²) < 4.78 is 33.4. The summed E-state index contributed by atoms with van der Waals surface area (Å²) in [5.41, 5.74) is 3.49. The number of H-pyrrole nitrogens is 1. The minimum absolute atomic E-state index is 0.124. The molecule has 0 saturated heterocycles. The summed E-state index contributed by atoms with van der Waals surface area (Å²) in [7, 11) is -2.23. The molecule has 0 radical (unpaired) electrons. The Morgan fingerprint density at radius 3 is 2.55 bits per heavy atom. The van der Waals surface area contributed by atoms with E-state index >= 15 is 0 Å². The Bertz CT molecular complexity index is 1190. The van der Waals surface area contributed by atoms with Crippen LogP contribution in [0.15, 0.2) is 41.3 Å². The Hall–Kier alpha value is -2.80. The number of anilines is 1. The van der Waals surface area contributed by atoms with E-state index in [1.165, 1.54) is 11.4 Å². The van der Waals surface area contributed by atoms with Gasteiger partial charge in [-0.1, -0.05) is 0 Å². The third-order valence-corrected chi connectivity index (χ3v) is 7.36. The molecule has 1 N–H and O–H groups in total. The number of aryl methyl sites for hydroxylation is 2. The van der Waals surface area contributed by atoms with Crippen molar-refractivity contribution in [2.75, 3.05) is 18.0 Å². The number of rotatable bonds is 5. The van der Waals surface area contributed by atoms with Gasteiger partial charge in [-0.2, -0.15) is 0 Å². The predicted molar refractivity (Wildman–Crippen MR) is 114 cm³/mol. The number of nitrogens with zero attached hydrogens (tertiary/aromatic N) is 1. The zero-order valence-electron chi connectivity index (χ0n) is 16.8. The second-order valence-electron chi connectivity index (χ2n) is 7.32. The topological polar surface area (TPSA) is 79.5 Å². The quantitative estimate of drug-likeness (QED) is 0.680. The molecular weight excluding hydrogens is 388 g/mol. The molecule has 3 aromatic rings. The van der Waals surface area contributed by atoms with Crippen LogP contribution in [0.5, 0.6) is 5.75 Å². The summed E-state index contributed by atoms with van der Waals surface area (Å²) in [6.45, 7) is 4.22. The Balaban J connectivity index is 1.76. The van der Waals surface area contributed by atoms with Gasteiger partial charge in [0.25, 0.3) is 10.0 Å². The van der Waals surface area contributed by atoms with Crippen molar-refractivity contribution in [2.24, 2.45) is 0 Å². The minimum Gasteiger partial charge on any atom is -0.494 e. The van der Waals surface area contributed by atoms with E-state index in [0.29, 0.717) is 35.5 Å². The molecule has 1 aliphatic rings. The normalized spacial score (nSPS) is 14.1. The smallest absolute Gasteiger partial charge is 0.264 e. The van der Waals surface area contributed by atoms with E-state index in [1.807, 2.05) is 13.0 Å². The average molecular weight is 413 g/mol. The van der Waals surface area contributed by atoms with Gasteiger partial charge < -0.3 is 9.72 Å². The van der Waals surface area contributed by atoms with Crippen LogP contribution in [0.2, 0.25) is 0 Å². The molecule has 29 heavy (non-hydrogen) atoms. The van der Waals surface area contributed by atoms with Crippen molar-refractivity contribution in [3.05, 3.63) is 53.2 Å². The van der Waals surface area contributed by atoms with Gasteiger partial charge in [0.15, 0.2) is 5.78 Å². The zero-order chi connectivity index (χ0) is 20.8. The van der Waals surface area contributed by atoms with E-state index in [2.05, 4.69) is 4.98 Å². The minimum atomic E-state index is -3.77. The van der Waals surface area contributed by atoms with Gasteiger partial charge in [-0.15, -0.1) is 0 Å². The monoisotopic (exact) mass is 412 g/mol. The zero-order valence-corrected chi connectivity index (χ0v) is 17.6. The first-order valence-corrected chi connectivity index (χ1v) is 11.2. The molecule has 1 heterocycles. The molecule has 0 spiro atoms. The van der Waals surface area contributed by atoms with E-state index in [1.54, 1.807) is 37.3 Å². The molecular formula is C22H24N2O4S. The summed E-state index contributed by atoms with van der Waals surface area (Å²) >= 11 is 0. The van der Waals surface area contributed by atoms with E-state index in [9.17, 15) is 13.2 Å². The number of fused-ring (bicyclic) bond motifs is 3. The van der Waals surface area contributed by atoms with Crippen LogP contribution in [-0.4, -0.2) is 32.8 Å². The maximum Gasteiger partial charge on any atom is 0.264 e. The van der Waals surface area contributed by atoms with Crippen molar-refractivity contribution in [1.29, 1.82) is 0 Å². The summed E-state index contributed by atoms with van der Waals surface area (Å²) in [5.74, 6) is 0.820. The fourth-order valence-electron chi connectivity index (χ4n) is 3.93. The Morgan fingerprint density at radius 1 is 1.14 bits per heavy atom. The first kappa shape index (κ1) is 19.5. The molecule has 0 atom stereocenters. The lowest BCUT2D eigenvalue weighted by Crippen LogP contribution is -2.27. The highest BCUT2D eigenvalue weighted by Crippen LogP contribution is 2.34. The number of aromatic nitrogens is 1. The number of carbonyl (C=O) groups excluding carboxylic acids is 1. The lowest BCUT2D eigenvalue weighted by Gasteiger charge is -2.21. The number of hydrogen-bond acceptors (Lipinski definition) is 4. The number of ether oxygens (including phenoxy) is 1. The standard InChI is InChI=1S/C22H24N2O4S/c1-4-28-16-10-8-15(9-11-16)24(3)29(26,27)21-13-19-17(12-14(21)2)22-18(23-19)6-5-7-20(22)25/h8-13,23H,4-7H2,1-3H3. The highest BCUT2D eigenvalue weighted by atomic mass is 32.2. The predicted octanol–water partition coefficient (Wildman–Crippen LogP) is 4.22. The number of Topliss-reactive ketones (excluding diaryl/α,β-unsaturated/α-hetero) is 1. The number of ketones is 1. The van der Waals surface area contributed by atoms with Gasteiger partial charge in [0.2, 0.25) is 0 Å². The highest BCUT2D eigenvalue weighted by molar-refractivity contribution is 7.92. The second-order valence-corrected chi connectivity index (χ2v) is 9.26. The molecule has 1 aliphatic carbocycles. The Kier molecular flexibility index (Phi) is 4.86. The lowest BCUT2D eigenvalue weighted by atomic mass is 9.94. The highest BCUT2D eigenvalue weighted by Gasteiger charge is 2.27. The molecule has 0 bridgehead atoms. The van der Waals surface area contributed by atoms with Crippen molar-refractivity contribution in [3.8, 4) is 5.75 Å². The number of carbonyl (C=O) groups is 1. The van der Waals surface area contributed by atoms with E-state index < -0.39 is 10.0 Å². The van der Waals surface area contributed by atoms with Crippen molar-refractivity contribution >= 4 is 32.4 Å². The summed E-state index contributed by atoms with van der Waals surface area (Å²) in [4.78, 5) is 15.9. The third-order valence-electron chi connectivity index (χ3n) is 5.43. The SMILES string of the molecule is CCOc1ccc(N(C)S(=O)(=O)c2cc3[nH]c4c(c3cc2C)C(=O)CCC4)cc1. The maximum absolute atomic E-state index is 13.3. The number of benzene rings is 2. The van der Waals surface area contributed by atoms with Crippen LogP contribution >= 0.6 is 0 Å². The van der Waals surface area contributed by atoms with Crippen LogP contribution in [0.1, 0.15) is 41.4 Å². The van der Waals surface area contributed by atoms with Gasteiger partial charge in [0, 0.05) is 35.6 Å². The molecule has 0 unspecified atom stereocenters. The number of sulfonamides is 1. The van der Waals surface area contributed by atoms with Gasteiger partial charge in [-0.3, -0.25) is 9.10 Å². The van der Waals surface area contributed by atoms with Crippen molar-refractivity contribution in [2.45, 2.75) is 38.0 Å². The van der Waals surface area contributed by atoms with Crippen LogP contribution in [-0.2, 0) is 16.4 Å². The van der Waals surface area contributed by atoms with Crippen molar-refractivity contribution < 1.29 is 17.9 Å². The molecule has 4 rings (SSSR count). The van der Waals surface area contributed by atoms with E-state index in [-0.39, 0.29) is 10.7 Å². The summed E-state index contributed by atoms with van der Waals surface area (Å²) in [6.07, 6.45) is 2.17. The average Bonchev–Trinajstić information content (AvgIpc) is 3.06. The molecule has 6 nitrogen and oxygen atoms in total. The summed E-state index contributed by atoms with van der Waals surface area (Å²) in [5, 5.41) is 0.810. The van der Waals surface area contributed by atoms with Crippen molar-refractivity contribution in [3.63, 3.8) is 0 Å². The van der Waals surface area contributed by atoms with Gasteiger partial charge in [0.1, 0.15) is 5.75 Å². The van der Waals surface area contributed by atoms with Gasteiger partial charge in [-0.25, -0.2) is 8.42 Å². The van der Waals surface area contributed by atoms with E-state index in [0.717, 1.165) is 29.5 Å². The molecule has 0 aliphatic heterocycles. The summed E-state index contributed by atoms with van der Waals surface area (Å²) in [6, 6.07) is 10.4. The molecule has 1 aromatic heterocycles. The van der Waals surface area contributed by atoms with Crippen LogP contribution in [0, 0.1) is 6.92 Å². The third kappa shape index (κ3) is 3.29. The molecule has 152 valence electrons. The number of nitrogens with one attached hydrogen (secondary N) is 1. The van der Waals surface area contributed by atoms with Crippen molar-refractivity contribution in [1.82, 2.24) is 4.98 Å². The first-order valence-electron chi connectivity index (χ1n) is 9.73. The van der Waals surface area contributed by atoms with Crippen LogP contribution in [0.4, 0.5) is 5.69 Å². The van der Waals surface area contributed by atoms with Crippen LogP contribution in [0.25, 0.3) is 10.9 Å². The number of hydrogen-bond donors (Lipinski definition) is 1. The van der Waals surface area contributed by atoms with Crippen LogP contribution in [0.3, 0.4) is 0 Å². The van der Waals surface area contributed by atoms with Crippen LogP contribution < -0.4 is 9.04 Å². The largest absolute Gasteiger partial charge is 0.494 e. The van der Waals surface area contributed by atoms with Gasteiger partial charge >= 0.3 is 0 Å².